The average molecular weight is 922 g/mol. The van der Waals surface area contributed by atoms with Crippen molar-refractivity contribution in [1.82, 2.24) is 26.2 Å². The number of rotatable bonds is 10. The first kappa shape index (κ1) is 48.4. The Morgan fingerprint density at radius 3 is 1.73 bits per heavy atom. The zero-order chi connectivity index (χ0) is 47.0. The maximum Gasteiger partial charge on any atom is 0.318 e. The maximum atomic E-state index is 13.0. The summed E-state index contributed by atoms with van der Waals surface area (Å²) in [5.41, 5.74) is 3.35. The number of nitrogens with zero attached hydrogens (tertiary/aromatic N) is 4. The molecule has 0 saturated carbocycles. The summed E-state index contributed by atoms with van der Waals surface area (Å²) < 4.78 is 0. The predicted molar refractivity (Wildman–Crippen MR) is 258 cm³/mol. The summed E-state index contributed by atoms with van der Waals surface area (Å²) in [5.74, 6) is -0.466. The average Bonchev–Trinajstić information content (AvgIpc) is 4.07. The number of amides is 4. The third kappa shape index (κ3) is 13.0. The monoisotopic (exact) mass is 920 g/mol. The summed E-state index contributed by atoms with van der Waals surface area (Å²) in [6.45, 7) is 5.15. The van der Waals surface area contributed by atoms with Gasteiger partial charge in [-0.05, 0) is 126 Å². The van der Waals surface area contributed by atoms with Gasteiger partial charge < -0.3 is 26.2 Å². The second-order valence-electron chi connectivity index (χ2n) is 16.0. The van der Waals surface area contributed by atoms with Gasteiger partial charge >= 0.3 is 6.03 Å². The largest absolute Gasteiger partial charge is 0.335 e. The molecule has 4 amide bonds. The lowest BCUT2D eigenvalue weighted by molar-refractivity contribution is -0.125. The fourth-order valence-electron chi connectivity index (χ4n) is 7.87. The third-order valence-electron chi connectivity index (χ3n) is 11.5. The van der Waals surface area contributed by atoms with Gasteiger partial charge in [0.25, 0.3) is 0 Å². The fraction of sp³-hybridized carbons (Fsp3) is 0.269. The van der Waals surface area contributed by atoms with E-state index in [2.05, 4.69) is 62.7 Å². The number of isocyanates is 1. The molecule has 2 aliphatic heterocycles. The van der Waals surface area contributed by atoms with E-state index in [1.165, 1.54) is 10.8 Å². The number of carbonyl (C=O) groups is 3. The fourth-order valence-corrected chi connectivity index (χ4v) is 8.27. The molecule has 2 unspecified atom stereocenters. The van der Waals surface area contributed by atoms with Crippen LogP contribution in [-0.4, -0.2) is 54.0 Å². The van der Waals surface area contributed by atoms with Gasteiger partial charge in [0.15, 0.2) is 0 Å². The van der Waals surface area contributed by atoms with Gasteiger partial charge in [0.1, 0.15) is 18.1 Å². The van der Waals surface area contributed by atoms with Gasteiger partial charge in [-0.3, -0.25) is 9.59 Å². The zero-order valence-corrected chi connectivity index (χ0v) is 38.1. The molecule has 2 saturated heterocycles. The number of nitrogens with one attached hydrogen (secondary N) is 4. The molecular weight excluding hydrogens is 872 g/mol. The van der Waals surface area contributed by atoms with Crippen molar-refractivity contribution in [1.29, 1.82) is 10.5 Å². The highest BCUT2D eigenvalue weighted by Crippen LogP contribution is 2.25. The molecule has 2 aliphatic rings. The van der Waals surface area contributed by atoms with Crippen molar-refractivity contribution in [3.8, 4) is 12.1 Å². The maximum absolute atomic E-state index is 13.0. The van der Waals surface area contributed by atoms with Crippen molar-refractivity contribution >= 4 is 68.7 Å². The molecule has 0 aromatic heterocycles. The van der Waals surface area contributed by atoms with Crippen LogP contribution in [0, 0.1) is 22.7 Å². The van der Waals surface area contributed by atoms with Gasteiger partial charge in [0, 0.05) is 16.6 Å². The van der Waals surface area contributed by atoms with Crippen molar-refractivity contribution < 1.29 is 19.2 Å². The Balaban J connectivity index is 0.000000183. The number of hydrogen-bond donors (Lipinski definition) is 4. The van der Waals surface area contributed by atoms with E-state index in [4.69, 9.17) is 28.5 Å². The first-order chi connectivity index (χ1) is 32.0. The molecule has 2 fully saturated rings. The molecule has 4 N–H and O–H groups in total. The Bertz CT molecular complexity index is 2800. The van der Waals surface area contributed by atoms with Gasteiger partial charge in [0.2, 0.25) is 17.9 Å². The van der Waals surface area contributed by atoms with Gasteiger partial charge in [-0.2, -0.15) is 15.5 Å². The number of carbonyl (C=O) groups excluding carboxylic acids is 4. The Morgan fingerprint density at radius 1 is 0.652 bits per heavy atom. The van der Waals surface area contributed by atoms with Crippen LogP contribution in [0.1, 0.15) is 86.0 Å². The van der Waals surface area contributed by atoms with Crippen LogP contribution in [0.4, 0.5) is 4.79 Å². The van der Waals surface area contributed by atoms with Gasteiger partial charge in [-0.15, -0.1) is 0 Å². The third-order valence-corrected chi connectivity index (χ3v) is 12.0. The van der Waals surface area contributed by atoms with E-state index in [0.29, 0.717) is 34.1 Å². The number of nitriles is 2. The lowest BCUT2D eigenvalue weighted by Gasteiger charge is -2.27. The van der Waals surface area contributed by atoms with E-state index in [9.17, 15) is 24.4 Å². The second-order valence-corrected chi connectivity index (χ2v) is 16.9. The van der Waals surface area contributed by atoms with Crippen LogP contribution in [0.2, 0.25) is 10.0 Å². The minimum Gasteiger partial charge on any atom is -0.335 e. The number of likely N-dealkylation sites (tertiary alicyclic amines) is 1. The van der Waals surface area contributed by atoms with E-state index in [1.807, 2.05) is 74.5 Å². The standard InChI is InChI=1S/C26H25ClN4O2.C13H14ClN3O.C13H11NO/c1-17(19-12-11-18-6-2-3-7-20(18)14-19)29-26(33)31-13-5-10-24(31)25(32)30-23(16-28)21-8-4-9-22(27)15-21;14-10-4-1-3-9(7-10)12(8-15)17-13(18)11-5-2-6-16-11;1-10(14-9-15)12-7-6-11-4-2-3-5-13(11)8-12/h2-4,6-9,11-12,14-15,17,23-24H,5,10,13H2,1H3,(H,29,33)(H,30,32);1,3-4,7,11-12,16H,2,5-6H2,(H,17,18);2-8,10H,1H3/t17-,23?,24+;11-,12?;10-/m101/s1. The molecule has 0 aliphatic carbocycles. The molecule has 0 spiro atoms. The number of halogens is 2. The minimum atomic E-state index is -0.835. The van der Waals surface area contributed by atoms with Gasteiger partial charge in [-0.25, -0.2) is 9.59 Å². The first-order valence-electron chi connectivity index (χ1n) is 21.7. The molecule has 2 heterocycles. The summed E-state index contributed by atoms with van der Waals surface area (Å²) in [7, 11) is 0. The van der Waals surface area contributed by atoms with E-state index in [1.54, 1.807) is 59.5 Å². The summed E-state index contributed by atoms with van der Waals surface area (Å²) in [6, 6.07) is 43.5. The molecule has 12 nitrogen and oxygen atoms in total. The summed E-state index contributed by atoms with van der Waals surface area (Å²) in [5, 5.41) is 36.0. The first-order valence-corrected chi connectivity index (χ1v) is 22.5. The summed E-state index contributed by atoms with van der Waals surface area (Å²) >= 11 is 11.9. The van der Waals surface area contributed by atoms with Crippen molar-refractivity contribution in [2.24, 2.45) is 4.99 Å². The molecule has 6 atom stereocenters. The predicted octanol–water partition coefficient (Wildman–Crippen LogP) is 10.1. The summed E-state index contributed by atoms with van der Waals surface area (Å²) in [6.07, 6.45) is 4.68. The van der Waals surface area contributed by atoms with E-state index in [-0.39, 0.29) is 36.0 Å². The molecule has 8 rings (SSSR count). The Kier molecular flexibility index (Phi) is 17.4. The highest BCUT2D eigenvalue weighted by atomic mass is 35.5. The van der Waals surface area contributed by atoms with Crippen LogP contribution in [0.25, 0.3) is 21.5 Å². The molecule has 6 aromatic rings. The lowest BCUT2D eigenvalue weighted by Crippen LogP contribution is -2.50. The quantitative estimate of drug-likeness (QED) is 0.0780. The highest BCUT2D eigenvalue weighted by molar-refractivity contribution is 6.31. The minimum absolute atomic E-state index is 0.118. The molecule has 6 aromatic carbocycles. The topological polar surface area (TPSA) is 180 Å². The Morgan fingerprint density at radius 2 is 1.20 bits per heavy atom. The van der Waals surface area contributed by atoms with Crippen molar-refractivity contribution in [2.75, 3.05) is 13.1 Å². The molecule has 336 valence electrons. The van der Waals surface area contributed by atoms with E-state index < -0.39 is 18.1 Å². The van der Waals surface area contributed by atoms with Crippen LogP contribution < -0.4 is 21.3 Å². The number of urea groups is 1. The molecule has 66 heavy (non-hydrogen) atoms. The molecule has 0 bridgehead atoms. The lowest BCUT2D eigenvalue weighted by atomic mass is 10.0. The SMILES string of the molecule is C[C@@H](N=C=O)c1ccc2ccccc2c1.C[C@@H](NC(=O)N1CCC[C@H]1C(=O)NC(C#N)c1cccc(Cl)c1)c1ccc2ccccc2c1.N#CC(NC(=O)[C@@H]1CCCN1)c1cccc(Cl)c1. The molecular formula is C52H50Cl2N8O4. The van der Waals surface area contributed by atoms with Crippen LogP contribution in [0.3, 0.4) is 0 Å². The molecule has 14 heteroatoms. The van der Waals surface area contributed by atoms with Crippen molar-refractivity contribution in [3.05, 3.63) is 166 Å². The van der Waals surface area contributed by atoms with Crippen molar-refractivity contribution in [2.45, 2.75) is 75.8 Å². The van der Waals surface area contributed by atoms with Crippen LogP contribution in [0.15, 0.2) is 138 Å². The van der Waals surface area contributed by atoms with Gasteiger partial charge in [-0.1, -0.05) is 120 Å². The van der Waals surface area contributed by atoms with Crippen LogP contribution in [-0.2, 0) is 14.4 Å². The number of aliphatic imine (C=N–C) groups is 1. The number of hydrogen-bond acceptors (Lipinski definition) is 8. The molecule has 0 radical (unpaired) electrons. The number of benzene rings is 6. The van der Waals surface area contributed by atoms with E-state index in [0.717, 1.165) is 47.7 Å². The number of fused-ring (bicyclic) bond motifs is 2. The van der Waals surface area contributed by atoms with E-state index >= 15 is 0 Å². The smallest absolute Gasteiger partial charge is 0.318 e. The van der Waals surface area contributed by atoms with Crippen LogP contribution >= 0.6 is 23.2 Å². The van der Waals surface area contributed by atoms with Crippen LogP contribution in [0.5, 0.6) is 0 Å². The zero-order valence-electron chi connectivity index (χ0n) is 36.6. The Hall–Kier alpha value is -7.05. The highest BCUT2D eigenvalue weighted by Gasteiger charge is 2.36. The Labute approximate surface area is 394 Å². The second kappa shape index (κ2) is 23.8. The normalized spacial score (nSPS) is 16.8. The van der Waals surface area contributed by atoms with Gasteiger partial charge in [0.05, 0.1) is 30.3 Å². The van der Waals surface area contributed by atoms with Crippen molar-refractivity contribution in [3.63, 3.8) is 0 Å². The summed E-state index contributed by atoms with van der Waals surface area (Å²) in [4.78, 5) is 53.3.